The van der Waals surface area contributed by atoms with Crippen LogP contribution in [0.2, 0.25) is 0 Å². The number of carbonyl (C=O) groups is 2. The summed E-state index contributed by atoms with van der Waals surface area (Å²) in [5.74, 6) is -1.48. The van der Waals surface area contributed by atoms with Gasteiger partial charge in [0.05, 0.1) is 5.69 Å². The Kier molecular flexibility index (Phi) is 5.65. The number of hydrogen-bond acceptors (Lipinski definition) is 4. The van der Waals surface area contributed by atoms with Gasteiger partial charge in [0, 0.05) is 23.8 Å². The van der Waals surface area contributed by atoms with Crippen LogP contribution in [0.3, 0.4) is 0 Å². The second kappa shape index (κ2) is 8.06. The highest BCUT2D eigenvalue weighted by Crippen LogP contribution is 2.43. The molecule has 4 rings (SSSR count). The number of fused-ring (bicyclic) bond motifs is 1. The van der Waals surface area contributed by atoms with Gasteiger partial charge in [-0.15, -0.1) is 0 Å². The molecule has 0 aromatic heterocycles. The maximum Gasteiger partial charge on any atom is 0.270 e. The van der Waals surface area contributed by atoms with Crippen molar-refractivity contribution in [3.05, 3.63) is 64.0 Å². The van der Waals surface area contributed by atoms with Crippen molar-refractivity contribution in [2.24, 2.45) is 0 Å². The maximum atomic E-state index is 15.2. The molecular weight excluding hydrogens is 437 g/mol. The van der Waals surface area contributed by atoms with E-state index in [1.807, 2.05) is 33.0 Å². The number of hydrogen-bond donors (Lipinski definition) is 1. The minimum Gasteiger partial charge on any atom is -0.369 e. The molecule has 1 saturated heterocycles. The lowest BCUT2D eigenvalue weighted by Crippen LogP contribution is -2.54. The molecule has 1 fully saturated rings. The average molecular weight is 466 g/mol. The van der Waals surface area contributed by atoms with E-state index in [9.17, 15) is 9.59 Å². The van der Waals surface area contributed by atoms with Crippen LogP contribution in [0.1, 0.15) is 55.4 Å². The summed E-state index contributed by atoms with van der Waals surface area (Å²) in [5.41, 5.74) is 4.41. The first-order chi connectivity index (χ1) is 15.4. The van der Waals surface area contributed by atoms with Crippen LogP contribution in [0.25, 0.3) is 6.08 Å². The third-order valence-corrected chi connectivity index (χ3v) is 7.19. The van der Waals surface area contributed by atoms with E-state index in [0.717, 1.165) is 28.8 Å². The van der Waals surface area contributed by atoms with E-state index in [0.29, 0.717) is 5.69 Å². The van der Waals surface area contributed by atoms with Crippen LogP contribution in [0, 0.1) is 19.7 Å². The van der Waals surface area contributed by atoms with Crippen LogP contribution in [0.15, 0.2) is 35.9 Å². The zero-order valence-corrected chi connectivity index (χ0v) is 20.6. The molecule has 1 atom stereocenters. The zero-order valence-electron chi connectivity index (χ0n) is 19.7. The first-order valence-electron chi connectivity index (χ1n) is 11.0. The molecule has 172 valence electrons. The monoisotopic (exact) mass is 465 g/mol. The Balaban J connectivity index is 1.77. The van der Waals surface area contributed by atoms with Gasteiger partial charge in [0.15, 0.2) is 5.11 Å². The summed E-state index contributed by atoms with van der Waals surface area (Å²) in [4.78, 5) is 29.4. The standard InChI is InChI=1S/C26H28FN3O2S/c1-14-7-8-18(9-15(14)2)30-24(32)20(23(31)28-25(30)33)11-17-10-19-16(3)13-26(4,5)29(6)22(19)12-21(17)27/h7-12,16H,13H2,1-6H3,(H,28,31,33)/b20-11-. The van der Waals surface area contributed by atoms with Crippen molar-refractivity contribution in [3.8, 4) is 0 Å². The Labute approximate surface area is 199 Å². The summed E-state index contributed by atoms with van der Waals surface area (Å²) in [6.07, 6.45) is 2.24. The predicted octanol–water partition coefficient (Wildman–Crippen LogP) is 5.00. The van der Waals surface area contributed by atoms with Gasteiger partial charge in [-0.05, 0) is 99.3 Å². The second-order valence-electron chi connectivity index (χ2n) is 9.64. The molecular formula is C26H28FN3O2S. The van der Waals surface area contributed by atoms with Gasteiger partial charge in [-0.25, -0.2) is 4.39 Å². The molecule has 0 radical (unpaired) electrons. The predicted molar refractivity (Wildman–Crippen MR) is 134 cm³/mol. The third-order valence-electron chi connectivity index (χ3n) is 6.90. The average Bonchev–Trinajstić information content (AvgIpc) is 2.72. The molecule has 2 heterocycles. The first kappa shape index (κ1) is 23.1. The minimum atomic E-state index is -0.631. The lowest BCUT2D eigenvalue weighted by atomic mass is 9.80. The van der Waals surface area contributed by atoms with Gasteiger partial charge in [-0.2, -0.15) is 0 Å². The Hall–Kier alpha value is -3.06. The van der Waals surface area contributed by atoms with E-state index in [1.165, 1.54) is 17.0 Å². The first-order valence-corrected chi connectivity index (χ1v) is 11.4. The Morgan fingerprint density at radius 2 is 1.85 bits per heavy atom. The van der Waals surface area contributed by atoms with E-state index in [2.05, 4.69) is 31.0 Å². The van der Waals surface area contributed by atoms with Crippen molar-refractivity contribution in [3.63, 3.8) is 0 Å². The van der Waals surface area contributed by atoms with Crippen LogP contribution >= 0.6 is 12.2 Å². The number of aryl methyl sites for hydroxylation is 2. The van der Waals surface area contributed by atoms with Crippen molar-refractivity contribution in [1.82, 2.24) is 5.32 Å². The Morgan fingerprint density at radius 1 is 1.15 bits per heavy atom. The molecule has 5 nitrogen and oxygen atoms in total. The van der Waals surface area contributed by atoms with Crippen molar-refractivity contribution < 1.29 is 14.0 Å². The molecule has 7 heteroatoms. The van der Waals surface area contributed by atoms with E-state index < -0.39 is 17.6 Å². The number of thiocarbonyl (C=S) groups is 1. The van der Waals surface area contributed by atoms with E-state index >= 15 is 4.39 Å². The fraction of sp³-hybridized carbons (Fsp3) is 0.346. The summed E-state index contributed by atoms with van der Waals surface area (Å²) >= 11 is 5.28. The van der Waals surface area contributed by atoms with Gasteiger partial charge in [0.25, 0.3) is 11.8 Å². The number of amides is 2. The van der Waals surface area contributed by atoms with Crippen LogP contribution in [-0.2, 0) is 9.59 Å². The molecule has 33 heavy (non-hydrogen) atoms. The van der Waals surface area contributed by atoms with Gasteiger partial charge in [0.2, 0.25) is 0 Å². The van der Waals surface area contributed by atoms with Gasteiger partial charge < -0.3 is 4.90 Å². The van der Waals surface area contributed by atoms with Gasteiger partial charge in [-0.3, -0.25) is 19.8 Å². The largest absolute Gasteiger partial charge is 0.369 e. The van der Waals surface area contributed by atoms with E-state index in [4.69, 9.17) is 12.2 Å². The molecule has 2 amide bonds. The number of rotatable bonds is 2. The summed E-state index contributed by atoms with van der Waals surface area (Å²) in [6.45, 7) is 10.3. The maximum absolute atomic E-state index is 15.2. The fourth-order valence-corrected chi connectivity index (χ4v) is 4.91. The highest BCUT2D eigenvalue weighted by Gasteiger charge is 2.37. The molecule has 2 aromatic rings. The van der Waals surface area contributed by atoms with Crippen molar-refractivity contribution in [2.75, 3.05) is 16.8 Å². The van der Waals surface area contributed by atoms with E-state index in [1.54, 1.807) is 12.1 Å². The lowest BCUT2D eigenvalue weighted by Gasteiger charge is -2.45. The molecule has 2 aliphatic heterocycles. The second-order valence-corrected chi connectivity index (χ2v) is 10.0. The Morgan fingerprint density at radius 3 is 2.52 bits per heavy atom. The molecule has 0 bridgehead atoms. The molecule has 0 spiro atoms. The third kappa shape index (κ3) is 3.95. The molecule has 0 saturated carbocycles. The molecule has 0 aliphatic carbocycles. The lowest BCUT2D eigenvalue weighted by molar-refractivity contribution is -0.122. The van der Waals surface area contributed by atoms with Gasteiger partial charge in [-0.1, -0.05) is 13.0 Å². The summed E-state index contributed by atoms with van der Waals surface area (Å²) in [7, 11) is 1.96. The zero-order chi connectivity index (χ0) is 24.2. The normalized spacial score (nSPS) is 21.4. The number of carbonyl (C=O) groups excluding carboxylic acids is 2. The SMILES string of the molecule is Cc1ccc(N2C(=O)/C(=C\c3cc4c(cc3F)N(C)C(C)(C)CC4C)C(=O)NC2=S)cc1C. The summed E-state index contributed by atoms with van der Waals surface area (Å²) in [5, 5.41) is 2.58. The van der Waals surface area contributed by atoms with Crippen LogP contribution in [0.4, 0.5) is 15.8 Å². The van der Waals surface area contributed by atoms with Crippen LogP contribution in [-0.4, -0.2) is 29.5 Å². The number of benzene rings is 2. The van der Waals surface area contributed by atoms with Crippen molar-refractivity contribution in [2.45, 2.75) is 52.5 Å². The quantitative estimate of drug-likeness (QED) is 0.385. The van der Waals surface area contributed by atoms with Gasteiger partial charge >= 0.3 is 0 Å². The fourth-order valence-electron chi connectivity index (χ4n) is 4.63. The molecule has 2 aliphatic rings. The highest BCUT2D eigenvalue weighted by molar-refractivity contribution is 7.80. The molecule has 1 unspecified atom stereocenters. The van der Waals surface area contributed by atoms with Crippen LogP contribution in [0.5, 0.6) is 0 Å². The number of nitrogens with one attached hydrogen (secondary N) is 1. The summed E-state index contributed by atoms with van der Waals surface area (Å²) in [6, 6.07) is 8.76. The molecule has 2 aromatic carbocycles. The minimum absolute atomic E-state index is 0.00814. The van der Waals surface area contributed by atoms with Gasteiger partial charge in [0.1, 0.15) is 11.4 Å². The number of anilines is 2. The Bertz CT molecular complexity index is 1230. The highest BCUT2D eigenvalue weighted by atomic mass is 32.1. The smallest absolute Gasteiger partial charge is 0.270 e. The number of halogens is 1. The number of nitrogens with zero attached hydrogens (tertiary/aromatic N) is 2. The van der Waals surface area contributed by atoms with Crippen molar-refractivity contribution >= 4 is 46.6 Å². The summed E-state index contributed by atoms with van der Waals surface area (Å²) < 4.78 is 15.2. The van der Waals surface area contributed by atoms with Crippen LogP contribution < -0.4 is 15.1 Å². The van der Waals surface area contributed by atoms with E-state index in [-0.39, 0.29) is 27.7 Å². The topological polar surface area (TPSA) is 52.7 Å². The van der Waals surface area contributed by atoms with Crippen molar-refractivity contribution in [1.29, 1.82) is 0 Å². The molecule has 1 N–H and O–H groups in total.